The Labute approximate surface area is 128 Å². The molecule has 0 bridgehead atoms. The van der Waals surface area contributed by atoms with E-state index >= 15 is 0 Å². The molecule has 1 heterocycles. The number of ether oxygens (including phenoxy) is 1. The molecule has 0 aliphatic heterocycles. The summed E-state index contributed by atoms with van der Waals surface area (Å²) < 4.78 is 5.48. The molecule has 0 aromatic carbocycles. The topological polar surface area (TPSA) is 59.1 Å². The first-order valence-corrected chi connectivity index (χ1v) is 7.87. The van der Waals surface area contributed by atoms with Crippen molar-refractivity contribution < 1.29 is 4.74 Å². The van der Waals surface area contributed by atoms with Gasteiger partial charge in [0.05, 0.1) is 7.11 Å². The molecule has 0 atom stereocenters. The van der Waals surface area contributed by atoms with Crippen LogP contribution in [0.1, 0.15) is 41.0 Å². The molecule has 0 aliphatic carbocycles. The molecule has 120 valence electrons. The van der Waals surface area contributed by atoms with Gasteiger partial charge in [-0.3, -0.25) is 0 Å². The smallest absolute Gasteiger partial charge is 0.204 e. The third-order valence-electron chi connectivity index (χ3n) is 3.77. The second kappa shape index (κ2) is 8.70. The maximum absolute atomic E-state index is 5.48. The largest absolute Gasteiger partial charge is 0.490 e. The van der Waals surface area contributed by atoms with Crippen molar-refractivity contribution in [2.24, 2.45) is 17.8 Å². The standard InChI is InChI=1S/C16H30N4O/c1-7-8-17-15-14(21-6)16(20-10-19-15)18-9-13(11(2)3)12(4)5/h10-13H,7-9H2,1-6H3,(H2,17,18,19,20). The molecule has 1 rings (SSSR count). The molecule has 0 saturated carbocycles. The van der Waals surface area contributed by atoms with Crippen LogP contribution in [0.3, 0.4) is 0 Å². The number of rotatable bonds is 9. The lowest BCUT2D eigenvalue weighted by Gasteiger charge is -2.25. The first-order chi connectivity index (χ1) is 10.0. The van der Waals surface area contributed by atoms with Crippen molar-refractivity contribution in [2.45, 2.75) is 41.0 Å². The molecule has 0 radical (unpaired) electrons. The Bertz CT molecular complexity index is 413. The number of nitrogens with one attached hydrogen (secondary N) is 2. The van der Waals surface area contributed by atoms with Crippen LogP contribution in [0.4, 0.5) is 11.6 Å². The molecule has 2 N–H and O–H groups in total. The van der Waals surface area contributed by atoms with Crippen molar-refractivity contribution in [3.8, 4) is 5.75 Å². The van der Waals surface area contributed by atoms with Crippen molar-refractivity contribution >= 4 is 11.6 Å². The highest BCUT2D eigenvalue weighted by Gasteiger charge is 2.19. The Hall–Kier alpha value is -1.52. The van der Waals surface area contributed by atoms with Crippen LogP contribution in [-0.2, 0) is 0 Å². The highest BCUT2D eigenvalue weighted by atomic mass is 16.5. The van der Waals surface area contributed by atoms with E-state index < -0.39 is 0 Å². The maximum atomic E-state index is 5.48. The van der Waals surface area contributed by atoms with E-state index in [2.05, 4.69) is 55.2 Å². The Morgan fingerprint density at radius 1 is 1.05 bits per heavy atom. The first-order valence-electron chi connectivity index (χ1n) is 7.87. The molecule has 5 nitrogen and oxygen atoms in total. The van der Waals surface area contributed by atoms with E-state index in [-0.39, 0.29) is 0 Å². The van der Waals surface area contributed by atoms with Crippen LogP contribution in [-0.4, -0.2) is 30.2 Å². The van der Waals surface area contributed by atoms with Gasteiger partial charge in [-0.15, -0.1) is 0 Å². The van der Waals surface area contributed by atoms with Crippen LogP contribution < -0.4 is 15.4 Å². The lowest BCUT2D eigenvalue weighted by molar-refractivity contribution is 0.303. The first kappa shape index (κ1) is 17.5. The molecule has 0 aliphatic rings. The second-order valence-corrected chi connectivity index (χ2v) is 6.06. The van der Waals surface area contributed by atoms with Crippen LogP contribution in [0.15, 0.2) is 6.33 Å². The van der Waals surface area contributed by atoms with Gasteiger partial charge in [-0.1, -0.05) is 34.6 Å². The summed E-state index contributed by atoms with van der Waals surface area (Å²) in [7, 11) is 1.66. The molecule has 5 heteroatoms. The van der Waals surface area contributed by atoms with Gasteiger partial charge in [0.25, 0.3) is 0 Å². The monoisotopic (exact) mass is 294 g/mol. The molecule has 0 spiro atoms. The zero-order chi connectivity index (χ0) is 15.8. The zero-order valence-electron chi connectivity index (χ0n) is 14.2. The maximum Gasteiger partial charge on any atom is 0.204 e. The van der Waals surface area contributed by atoms with Gasteiger partial charge in [0.1, 0.15) is 6.33 Å². The summed E-state index contributed by atoms with van der Waals surface area (Å²) in [6.45, 7) is 12.9. The fourth-order valence-corrected chi connectivity index (χ4v) is 2.52. The number of aromatic nitrogens is 2. The van der Waals surface area contributed by atoms with E-state index in [1.807, 2.05) is 0 Å². The van der Waals surface area contributed by atoms with Crippen LogP contribution in [0.25, 0.3) is 0 Å². The number of anilines is 2. The summed E-state index contributed by atoms with van der Waals surface area (Å²) in [4.78, 5) is 8.58. The van der Waals surface area contributed by atoms with Crippen LogP contribution in [0, 0.1) is 17.8 Å². The van der Waals surface area contributed by atoms with Gasteiger partial charge in [-0.2, -0.15) is 0 Å². The van der Waals surface area contributed by atoms with E-state index in [4.69, 9.17) is 4.74 Å². The summed E-state index contributed by atoms with van der Waals surface area (Å²) >= 11 is 0. The van der Waals surface area contributed by atoms with Gasteiger partial charge >= 0.3 is 0 Å². The van der Waals surface area contributed by atoms with E-state index in [9.17, 15) is 0 Å². The van der Waals surface area contributed by atoms with Gasteiger partial charge < -0.3 is 15.4 Å². The zero-order valence-corrected chi connectivity index (χ0v) is 14.2. The SMILES string of the molecule is CCCNc1ncnc(NCC(C(C)C)C(C)C)c1OC. The van der Waals surface area contributed by atoms with Crippen molar-refractivity contribution in [3.63, 3.8) is 0 Å². The van der Waals surface area contributed by atoms with E-state index in [0.29, 0.717) is 23.5 Å². The highest BCUT2D eigenvalue weighted by Crippen LogP contribution is 2.30. The fraction of sp³-hybridized carbons (Fsp3) is 0.750. The van der Waals surface area contributed by atoms with Crippen LogP contribution in [0.2, 0.25) is 0 Å². The van der Waals surface area contributed by atoms with Crippen LogP contribution in [0.5, 0.6) is 5.75 Å². The summed E-state index contributed by atoms with van der Waals surface area (Å²) in [5.41, 5.74) is 0. The van der Waals surface area contributed by atoms with Gasteiger partial charge in [0.15, 0.2) is 11.6 Å². The van der Waals surface area contributed by atoms with Gasteiger partial charge in [0, 0.05) is 13.1 Å². The van der Waals surface area contributed by atoms with Gasteiger partial charge in [0.2, 0.25) is 5.75 Å². The number of hydrogen-bond acceptors (Lipinski definition) is 5. The average Bonchev–Trinajstić information content (AvgIpc) is 2.44. The van der Waals surface area contributed by atoms with E-state index in [0.717, 1.165) is 31.1 Å². The minimum atomic E-state index is 0.594. The van der Waals surface area contributed by atoms with Gasteiger partial charge in [-0.05, 0) is 24.2 Å². The van der Waals surface area contributed by atoms with Gasteiger partial charge in [-0.25, -0.2) is 9.97 Å². The third kappa shape index (κ3) is 5.06. The lowest BCUT2D eigenvalue weighted by Crippen LogP contribution is -2.25. The summed E-state index contributed by atoms with van der Waals surface area (Å²) in [6, 6.07) is 0. The molecule has 21 heavy (non-hydrogen) atoms. The minimum Gasteiger partial charge on any atom is -0.490 e. The molecule has 1 aromatic rings. The predicted molar refractivity (Wildman–Crippen MR) is 89.0 cm³/mol. The third-order valence-corrected chi connectivity index (χ3v) is 3.77. The Morgan fingerprint density at radius 3 is 2.10 bits per heavy atom. The molecular formula is C16H30N4O. The van der Waals surface area contributed by atoms with Crippen LogP contribution >= 0.6 is 0 Å². The summed E-state index contributed by atoms with van der Waals surface area (Å²) in [5.74, 6) is 4.06. The second-order valence-electron chi connectivity index (χ2n) is 6.06. The van der Waals surface area contributed by atoms with E-state index in [1.54, 1.807) is 13.4 Å². The summed E-state index contributed by atoms with van der Waals surface area (Å²) in [5, 5.41) is 6.70. The Morgan fingerprint density at radius 2 is 1.62 bits per heavy atom. The Kier molecular flexibility index (Phi) is 7.26. The van der Waals surface area contributed by atoms with Crippen molar-refractivity contribution in [1.29, 1.82) is 0 Å². The Balaban J connectivity index is 2.82. The predicted octanol–water partition coefficient (Wildman–Crippen LogP) is 3.65. The van der Waals surface area contributed by atoms with Crippen molar-refractivity contribution in [3.05, 3.63) is 6.33 Å². The molecule has 0 unspecified atom stereocenters. The normalized spacial score (nSPS) is 11.3. The molecular weight excluding hydrogens is 264 g/mol. The number of hydrogen-bond donors (Lipinski definition) is 2. The summed E-state index contributed by atoms with van der Waals surface area (Å²) in [6.07, 6.45) is 2.61. The molecule has 1 aromatic heterocycles. The lowest BCUT2D eigenvalue weighted by atomic mass is 9.85. The van der Waals surface area contributed by atoms with Crippen molar-refractivity contribution in [2.75, 3.05) is 30.8 Å². The number of methoxy groups -OCH3 is 1. The molecule has 0 amide bonds. The quantitative estimate of drug-likeness (QED) is 0.728. The highest BCUT2D eigenvalue weighted by molar-refractivity contribution is 5.63. The molecule has 0 saturated heterocycles. The minimum absolute atomic E-state index is 0.594. The number of nitrogens with zero attached hydrogens (tertiary/aromatic N) is 2. The average molecular weight is 294 g/mol. The van der Waals surface area contributed by atoms with E-state index in [1.165, 1.54) is 0 Å². The molecule has 0 fully saturated rings. The van der Waals surface area contributed by atoms with Crippen molar-refractivity contribution in [1.82, 2.24) is 9.97 Å². The fourth-order valence-electron chi connectivity index (χ4n) is 2.52.